The summed E-state index contributed by atoms with van der Waals surface area (Å²) >= 11 is 0. The predicted molar refractivity (Wildman–Crippen MR) is 114 cm³/mol. The number of ether oxygens (including phenoxy) is 1. The summed E-state index contributed by atoms with van der Waals surface area (Å²) in [6.07, 6.45) is -2.47. The van der Waals surface area contributed by atoms with Crippen LogP contribution in [0.5, 0.6) is 5.75 Å². The zero-order valence-corrected chi connectivity index (χ0v) is 18.6. The summed E-state index contributed by atoms with van der Waals surface area (Å²) < 4.78 is 56.3. The molecule has 0 fully saturated rings. The Hall–Kier alpha value is -3.65. The average Bonchev–Trinajstić information content (AvgIpc) is 3.27. The zero-order valence-electron chi connectivity index (χ0n) is 18.6. The molecule has 0 aliphatic heterocycles. The summed E-state index contributed by atoms with van der Waals surface area (Å²) in [5.74, 6) is -2.01. The number of benzene rings is 1. The van der Waals surface area contributed by atoms with Crippen molar-refractivity contribution in [3.63, 3.8) is 0 Å². The third-order valence-electron chi connectivity index (χ3n) is 4.77. The fourth-order valence-electron chi connectivity index (χ4n) is 3.08. The van der Waals surface area contributed by atoms with Gasteiger partial charge in [0.25, 0.3) is 0 Å². The van der Waals surface area contributed by atoms with Gasteiger partial charge in [-0.25, -0.2) is 4.39 Å². The summed E-state index contributed by atoms with van der Waals surface area (Å²) in [4.78, 5) is 12.2. The summed E-state index contributed by atoms with van der Waals surface area (Å²) in [5.41, 5.74) is 0.866. The first kappa shape index (κ1) is 26.0. The van der Waals surface area contributed by atoms with E-state index in [1.165, 1.54) is 6.07 Å². The van der Waals surface area contributed by atoms with Gasteiger partial charge in [-0.15, -0.1) is 23.4 Å². The van der Waals surface area contributed by atoms with Crippen molar-refractivity contribution < 1.29 is 32.2 Å². The van der Waals surface area contributed by atoms with Gasteiger partial charge in [-0.3, -0.25) is 14.8 Å². The van der Waals surface area contributed by atoms with Crippen LogP contribution in [-0.2, 0) is 24.2 Å². The van der Waals surface area contributed by atoms with Crippen molar-refractivity contribution in [3.8, 4) is 5.75 Å². The molecule has 0 saturated carbocycles. The number of aryl methyl sites for hydroxylation is 2. The molecule has 188 valence electrons. The number of aliphatic hydroxyl groups excluding tert-OH is 1. The van der Waals surface area contributed by atoms with E-state index < -0.39 is 36.5 Å². The number of carbonyl (C=O) groups is 1. The second kappa shape index (κ2) is 11.7. The number of rotatable bonds is 11. The van der Waals surface area contributed by atoms with Crippen molar-refractivity contribution in [3.05, 3.63) is 59.3 Å². The first-order valence-corrected chi connectivity index (χ1v) is 10.5. The third kappa shape index (κ3) is 8.26. The lowest BCUT2D eigenvalue weighted by atomic mass is 10.1. The Balaban J connectivity index is 1.45. The van der Waals surface area contributed by atoms with Crippen LogP contribution in [0.15, 0.2) is 36.5 Å². The second-order valence-corrected chi connectivity index (χ2v) is 7.49. The number of unbranched alkanes of at least 4 members (excludes halogenated alkanes) is 1. The molecule has 0 saturated heterocycles. The highest BCUT2D eigenvalue weighted by atomic mass is 19.4. The first-order chi connectivity index (χ1) is 16.6. The van der Waals surface area contributed by atoms with Crippen LogP contribution in [0, 0.1) is 5.82 Å². The number of nitrogens with one attached hydrogen (secondary N) is 2. The standard InChI is InChI=1S/C21H23F4N7O3/c1-26-20(34)17-12-32(31-29-17)9-3-2-4-14-5-8-18(30-28-14)27-19(33)11-13-10-15(6-7-16(13)22)35-21(23,24)25/h5-8,10,12,20,26,34H,2-4,9,11H2,1H3,(H,27,30,33). The van der Waals surface area contributed by atoms with Crippen LogP contribution in [0.2, 0.25) is 0 Å². The zero-order chi connectivity index (χ0) is 25.4. The molecule has 14 heteroatoms. The predicted octanol–water partition coefficient (Wildman–Crippen LogP) is 2.52. The Morgan fingerprint density at radius 2 is 1.97 bits per heavy atom. The topological polar surface area (TPSA) is 127 Å². The van der Waals surface area contributed by atoms with Gasteiger partial charge in [-0.1, -0.05) is 5.21 Å². The Morgan fingerprint density at radius 1 is 1.17 bits per heavy atom. The number of carbonyl (C=O) groups excluding carboxylic acids is 1. The number of aromatic nitrogens is 5. The van der Waals surface area contributed by atoms with Gasteiger partial charge < -0.3 is 15.2 Å². The Labute approximate surface area is 197 Å². The molecule has 1 aromatic carbocycles. The van der Waals surface area contributed by atoms with E-state index in [0.717, 1.165) is 31.0 Å². The minimum Gasteiger partial charge on any atom is -0.406 e. The highest BCUT2D eigenvalue weighted by Gasteiger charge is 2.31. The van der Waals surface area contributed by atoms with E-state index in [1.54, 1.807) is 24.0 Å². The van der Waals surface area contributed by atoms with Gasteiger partial charge in [0.1, 0.15) is 17.3 Å². The fourth-order valence-corrected chi connectivity index (χ4v) is 3.08. The van der Waals surface area contributed by atoms with Crippen molar-refractivity contribution in [1.82, 2.24) is 30.5 Å². The lowest BCUT2D eigenvalue weighted by Crippen LogP contribution is -2.18. The number of amides is 1. The average molecular weight is 497 g/mol. The summed E-state index contributed by atoms with van der Waals surface area (Å²) in [5, 5.41) is 30.5. The minimum atomic E-state index is -4.93. The van der Waals surface area contributed by atoms with E-state index in [0.29, 0.717) is 24.4 Å². The maximum absolute atomic E-state index is 13.9. The van der Waals surface area contributed by atoms with E-state index >= 15 is 0 Å². The minimum absolute atomic E-state index is 0.125. The first-order valence-electron chi connectivity index (χ1n) is 10.5. The van der Waals surface area contributed by atoms with Crippen molar-refractivity contribution >= 4 is 11.7 Å². The smallest absolute Gasteiger partial charge is 0.406 e. The van der Waals surface area contributed by atoms with Gasteiger partial charge in [0, 0.05) is 12.1 Å². The largest absolute Gasteiger partial charge is 0.573 e. The van der Waals surface area contributed by atoms with Crippen LogP contribution >= 0.6 is 0 Å². The monoisotopic (exact) mass is 497 g/mol. The maximum Gasteiger partial charge on any atom is 0.573 e. The number of alkyl halides is 3. The fraction of sp³-hybridized carbons (Fsp3) is 0.381. The van der Waals surface area contributed by atoms with Gasteiger partial charge in [0.05, 0.1) is 18.3 Å². The number of nitrogens with zero attached hydrogens (tertiary/aromatic N) is 5. The van der Waals surface area contributed by atoms with E-state index in [2.05, 4.69) is 35.9 Å². The lowest BCUT2D eigenvalue weighted by molar-refractivity contribution is -0.274. The normalized spacial score (nSPS) is 12.4. The Bertz CT molecular complexity index is 1120. The van der Waals surface area contributed by atoms with E-state index in [-0.39, 0.29) is 11.4 Å². The number of hydrogen-bond donors (Lipinski definition) is 3. The quantitative estimate of drug-likeness (QED) is 0.210. The Morgan fingerprint density at radius 3 is 2.66 bits per heavy atom. The molecule has 35 heavy (non-hydrogen) atoms. The highest BCUT2D eigenvalue weighted by molar-refractivity contribution is 5.91. The molecule has 3 N–H and O–H groups in total. The molecule has 1 unspecified atom stereocenters. The van der Waals surface area contributed by atoms with E-state index in [1.807, 2.05) is 0 Å². The molecule has 2 heterocycles. The molecule has 3 aromatic rings. The molecule has 0 radical (unpaired) electrons. The molecular formula is C21H23F4N7O3. The Kier molecular flexibility index (Phi) is 8.65. The van der Waals surface area contributed by atoms with Crippen molar-refractivity contribution in [1.29, 1.82) is 0 Å². The molecule has 0 aliphatic carbocycles. The van der Waals surface area contributed by atoms with Gasteiger partial charge in [-0.2, -0.15) is 5.10 Å². The summed E-state index contributed by atoms with van der Waals surface area (Å²) in [6, 6.07) is 5.65. The van der Waals surface area contributed by atoms with Crippen LogP contribution in [-0.4, -0.2) is 49.6 Å². The van der Waals surface area contributed by atoms with Crippen LogP contribution in [0.4, 0.5) is 23.4 Å². The van der Waals surface area contributed by atoms with E-state index in [4.69, 9.17) is 0 Å². The van der Waals surface area contributed by atoms with Crippen molar-refractivity contribution in [2.75, 3.05) is 12.4 Å². The number of hydrogen-bond acceptors (Lipinski definition) is 8. The number of anilines is 1. The number of aliphatic hydroxyl groups is 1. The van der Waals surface area contributed by atoms with Gasteiger partial charge in [0.2, 0.25) is 5.91 Å². The van der Waals surface area contributed by atoms with Crippen LogP contribution in [0.1, 0.15) is 36.0 Å². The lowest BCUT2D eigenvalue weighted by Gasteiger charge is -2.11. The molecule has 0 bridgehead atoms. The third-order valence-corrected chi connectivity index (χ3v) is 4.77. The van der Waals surface area contributed by atoms with Crippen LogP contribution in [0.25, 0.3) is 0 Å². The molecule has 1 atom stereocenters. The van der Waals surface area contributed by atoms with Gasteiger partial charge in [-0.05, 0) is 56.6 Å². The molecule has 1 amide bonds. The van der Waals surface area contributed by atoms with E-state index in [9.17, 15) is 27.5 Å². The van der Waals surface area contributed by atoms with Crippen LogP contribution < -0.4 is 15.4 Å². The van der Waals surface area contributed by atoms with Gasteiger partial charge in [0.15, 0.2) is 12.0 Å². The van der Waals surface area contributed by atoms with Crippen LogP contribution in [0.3, 0.4) is 0 Å². The summed E-state index contributed by atoms with van der Waals surface area (Å²) in [7, 11) is 1.61. The molecule has 10 nitrogen and oxygen atoms in total. The molecular weight excluding hydrogens is 474 g/mol. The molecule has 2 aromatic heterocycles. The van der Waals surface area contributed by atoms with Gasteiger partial charge >= 0.3 is 6.36 Å². The second-order valence-electron chi connectivity index (χ2n) is 7.49. The van der Waals surface area contributed by atoms with Crippen molar-refractivity contribution in [2.45, 2.75) is 44.8 Å². The SMILES string of the molecule is CNC(O)c1cn(CCCCc2ccc(NC(=O)Cc3cc(OC(F)(F)F)ccc3F)nn2)nn1. The molecule has 3 rings (SSSR count). The maximum atomic E-state index is 13.9. The molecule has 0 spiro atoms. The molecule has 0 aliphatic rings. The summed E-state index contributed by atoms with van der Waals surface area (Å²) in [6.45, 7) is 0.608. The highest BCUT2D eigenvalue weighted by Crippen LogP contribution is 2.25. The number of halogens is 4. The van der Waals surface area contributed by atoms with Crippen molar-refractivity contribution in [2.24, 2.45) is 0 Å².